The number of benzene rings is 4. The highest BCUT2D eigenvalue weighted by Gasteiger charge is 2.16. The number of carbonyl (C=O) groups is 3. The lowest BCUT2D eigenvalue weighted by molar-refractivity contribution is -0.114. The number of para-hydroxylation sites is 2. The topological polar surface area (TPSA) is 103 Å². The molecule has 7 nitrogen and oxygen atoms in total. The van der Waals surface area contributed by atoms with Gasteiger partial charge in [-0.05, 0) is 67.4 Å². The molecule has 4 aromatic carbocycles. The van der Waals surface area contributed by atoms with Gasteiger partial charge < -0.3 is 20.9 Å². The van der Waals surface area contributed by atoms with Crippen LogP contribution in [0.15, 0.2) is 114 Å². The Morgan fingerprint density at radius 3 is 2.31 bits per heavy atom. The average molecular weight is 575 g/mol. The summed E-state index contributed by atoms with van der Waals surface area (Å²) in [5.41, 5.74) is 5.61. The van der Waals surface area contributed by atoms with Gasteiger partial charge in [-0.3, -0.25) is 14.4 Å². The number of fused-ring (bicyclic) bond motifs is 1. The predicted molar refractivity (Wildman–Crippen MR) is 171 cm³/mol. The molecule has 3 amide bonds. The Labute approximate surface area is 248 Å². The zero-order chi connectivity index (χ0) is 29.5. The van der Waals surface area contributed by atoms with Crippen LogP contribution >= 0.6 is 11.8 Å². The van der Waals surface area contributed by atoms with Crippen LogP contribution in [0.4, 0.5) is 11.4 Å². The molecule has 5 rings (SSSR count). The second-order valence-corrected chi connectivity index (χ2v) is 10.8. The van der Waals surface area contributed by atoms with Crippen LogP contribution in [0.5, 0.6) is 0 Å². The quantitative estimate of drug-likeness (QED) is 0.113. The number of anilines is 2. The van der Waals surface area contributed by atoms with Crippen molar-refractivity contribution in [3.63, 3.8) is 0 Å². The van der Waals surface area contributed by atoms with Crippen molar-refractivity contribution in [2.45, 2.75) is 18.7 Å². The van der Waals surface area contributed by atoms with Crippen LogP contribution < -0.4 is 16.0 Å². The predicted octanol–water partition coefficient (Wildman–Crippen LogP) is 6.93. The molecular weight excluding hydrogens is 544 g/mol. The molecule has 0 fully saturated rings. The molecule has 42 heavy (non-hydrogen) atoms. The Morgan fingerprint density at radius 1 is 0.810 bits per heavy atom. The van der Waals surface area contributed by atoms with E-state index in [1.807, 2.05) is 74.5 Å². The third-order valence-corrected chi connectivity index (χ3v) is 7.65. The second kappa shape index (κ2) is 13.1. The Hall–Kier alpha value is -5.08. The Balaban J connectivity index is 1.31. The van der Waals surface area contributed by atoms with Crippen LogP contribution in [0.3, 0.4) is 0 Å². The van der Waals surface area contributed by atoms with Crippen molar-refractivity contribution in [1.29, 1.82) is 0 Å². The lowest BCUT2D eigenvalue weighted by atomic mass is 10.1. The van der Waals surface area contributed by atoms with Crippen LogP contribution in [-0.2, 0) is 9.59 Å². The summed E-state index contributed by atoms with van der Waals surface area (Å²) < 4.78 is 0. The largest absolute Gasteiger partial charge is 0.361 e. The first-order chi connectivity index (χ1) is 20.4. The number of thioether (sulfide) groups is 1. The van der Waals surface area contributed by atoms with Crippen LogP contribution in [0.2, 0.25) is 0 Å². The van der Waals surface area contributed by atoms with Crippen molar-refractivity contribution in [2.24, 2.45) is 0 Å². The second-order valence-electron chi connectivity index (χ2n) is 9.75. The Kier molecular flexibility index (Phi) is 8.84. The monoisotopic (exact) mass is 574 g/mol. The lowest BCUT2D eigenvalue weighted by Gasteiger charge is -2.13. The van der Waals surface area contributed by atoms with Crippen LogP contribution in [0.25, 0.3) is 17.0 Å². The van der Waals surface area contributed by atoms with Crippen molar-refractivity contribution in [3.05, 3.63) is 131 Å². The molecule has 0 atom stereocenters. The number of aromatic nitrogens is 1. The molecule has 0 aliphatic rings. The van der Waals surface area contributed by atoms with E-state index in [-0.39, 0.29) is 17.4 Å². The molecule has 0 saturated carbocycles. The molecule has 0 spiro atoms. The number of hydrogen-bond acceptors (Lipinski definition) is 4. The van der Waals surface area contributed by atoms with Crippen molar-refractivity contribution >= 4 is 57.8 Å². The van der Waals surface area contributed by atoms with E-state index in [9.17, 15) is 14.4 Å². The third-order valence-electron chi connectivity index (χ3n) is 6.66. The summed E-state index contributed by atoms with van der Waals surface area (Å²) in [6.45, 7) is 3.93. The van der Waals surface area contributed by atoms with Gasteiger partial charge in [0, 0.05) is 44.5 Å². The van der Waals surface area contributed by atoms with Crippen molar-refractivity contribution in [2.75, 3.05) is 16.4 Å². The summed E-state index contributed by atoms with van der Waals surface area (Å²) in [4.78, 5) is 43.2. The summed E-state index contributed by atoms with van der Waals surface area (Å²) in [6, 6.07) is 29.6. The Bertz CT molecular complexity index is 1770. The third kappa shape index (κ3) is 6.97. The van der Waals surface area contributed by atoms with Crippen LogP contribution in [-0.4, -0.2) is 28.5 Å². The fraction of sp³-hybridized carbons (Fsp3) is 0.0882. The first kappa shape index (κ1) is 28.4. The molecule has 0 radical (unpaired) electrons. The number of aryl methyl sites for hydroxylation is 2. The van der Waals surface area contributed by atoms with Crippen LogP contribution in [0.1, 0.15) is 27.0 Å². The maximum Gasteiger partial charge on any atom is 0.272 e. The maximum absolute atomic E-state index is 13.5. The fourth-order valence-electron chi connectivity index (χ4n) is 4.51. The lowest BCUT2D eigenvalue weighted by Crippen LogP contribution is -2.30. The SMILES string of the molecule is Cc1cccc(C)c1NC(=O)CSc1cccc(NC(=O)/C(=C/c2c[nH]c3ccccc23)NC(=O)c2ccccc2)c1. The Morgan fingerprint density at radius 2 is 1.52 bits per heavy atom. The number of H-pyrrole nitrogens is 1. The van der Waals surface area contributed by atoms with E-state index in [0.717, 1.165) is 38.2 Å². The fourth-order valence-corrected chi connectivity index (χ4v) is 5.26. The van der Waals surface area contributed by atoms with E-state index in [4.69, 9.17) is 0 Å². The molecule has 0 bridgehead atoms. The molecule has 8 heteroatoms. The van der Waals surface area contributed by atoms with Gasteiger partial charge >= 0.3 is 0 Å². The highest BCUT2D eigenvalue weighted by atomic mass is 32.2. The first-order valence-electron chi connectivity index (χ1n) is 13.4. The zero-order valence-corrected chi connectivity index (χ0v) is 24.0. The van der Waals surface area contributed by atoms with E-state index < -0.39 is 11.8 Å². The first-order valence-corrected chi connectivity index (χ1v) is 14.4. The number of amides is 3. The van der Waals surface area contributed by atoms with E-state index in [1.165, 1.54) is 11.8 Å². The molecule has 0 saturated heterocycles. The van der Waals surface area contributed by atoms with E-state index in [2.05, 4.69) is 20.9 Å². The van der Waals surface area contributed by atoms with Crippen LogP contribution in [0, 0.1) is 13.8 Å². The average Bonchev–Trinajstić information content (AvgIpc) is 3.41. The molecule has 1 heterocycles. The smallest absolute Gasteiger partial charge is 0.272 e. The number of nitrogens with one attached hydrogen (secondary N) is 4. The molecule has 210 valence electrons. The highest BCUT2D eigenvalue weighted by Crippen LogP contribution is 2.25. The summed E-state index contributed by atoms with van der Waals surface area (Å²) in [7, 11) is 0. The minimum Gasteiger partial charge on any atom is -0.361 e. The molecular formula is C34H30N4O3S. The van der Waals surface area contributed by atoms with Gasteiger partial charge in [0.1, 0.15) is 5.70 Å². The molecule has 0 aliphatic heterocycles. The van der Waals surface area contributed by atoms with Gasteiger partial charge in [0.25, 0.3) is 11.8 Å². The van der Waals surface area contributed by atoms with Crippen molar-refractivity contribution in [1.82, 2.24) is 10.3 Å². The van der Waals surface area contributed by atoms with Gasteiger partial charge in [0.15, 0.2) is 0 Å². The van der Waals surface area contributed by atoms with E-state index in [1.54, 1.807) is 48.7 Å². The molecule has 4 N–H and O–H groups in total. The zero-order valence-electron chi connectivity index (χ0n) is 23.2. The molecule has 1 aromatic heterocycles. The summed E-state index contributed by atoms with van der Waals surface area (Å²) >= 11 is 1.37. The van der Waals surface area contributed by atoms with Gasteiger partial charge in [0.2, 0.25) is 5.91 Å². The van der Waals surface area contributed by atoms with Gasteiger partial charge in [0.05, 0.1) is 5.75 Å². The molecule has 0 unspecified atom stereocenters. The van der Waals surface area contributed by atoms with Gasteiger partial charge in [-0.15, -0.1) is 11.8 Å². The molecule has 5 aromatic rings. The van der Waals surface area contributed by atoms with Gasteiger partial charge in [-0.25, -0.2) is 0 Å². The van der Waals surface area contributed by atoms with E-state index >= 15 is 0 Å². The number of hydrogen-bond donors (Lipinski definition) is 4. The maximum atomic E-state index is 13.5. The normalized spacial score (nSPS) is 11.2. The number of carbonyl (C=O) groups excluding carboxylic acids is 3. The minimum absolute atomic E-state index is 0.0969. The number of aromatic amines is 1. The summed E-state index contributed by atoms with van der Waals surface area (Å²) in [6.07, 6.45) is 3.46. The van der Waals surface area contributed by atoms with E-state index in [0.29, 0.717) is 11.3 Å². The molecule has 0 aliphatic carbocycles. The standard InChI is InChI=1S/C34H30N4O3S/c1-22-10-8-11-23(2)32(22)38-31(39)21-42-27-15-9-14-26(19-27)36-34(41)30(37-33(40)24-12-4-3-5-13-24)18-25-20-35-29-17-7-6-16-28(25)29/h3-20,35H,21H2,1-2H3,(H,36,41)(H,37,40)(H,38,39)/b30-18-. The van der Waals surface area contributed by atoms with Crippen molar-refractivity contribution in [3.8, 4) is 0 Å². The van der Waals surface area contributed by atoms with Crippen molar-refractivity contribution < 1.29 is 14.4 Å². The minimum atomic E-state index is -0.473. The highest BCUT2D eigenvalue weighted by molar-refractivity contribution is 8.00. The summed E-state index contributed by atoms with van der Waals surface area (Å²) in [5.74, 6) is -0.765. The summed E-state index contributed by atoms with van der Waals surface area (Å²) in [5, 5.41) is 9.60. The van der Waals surface area contributed by atoms with Gasteiger partial charge in [-0.1, -0.05) is 60.7 Å². The number of rotatable bonds is 9. The van der Waals surface area contributed by atoms with Gasteiger partial charge in [-0.2, -0.15) is 0 Å².